The van der Waals surface area contributed by atoms with Gasteiger partial charge in [0.15, 0.2) is 0 Å². The van der Waals surface area contributed by atoms with Gasteiger partial charge in [-0.1, -0.05) is 0 Å². The number of hydrogen-bond donors (Lipinski definition) is 1. The first-order chi connectivity index (χ1) is 9.15. The summed E-state index contributed by atoms with van der Waals surface area (Å²) in [6, 6.07) is 0.720. The first-order valence-electron chi connectivity index (χ1n) is 7.98. The monoisotopic (exact) mass is 267 g/mol. The molecule has 0 saturated carbocycles. The number of nitrogens with one attached hydrogen (secondary N) is 1. The highest BCUT2D eigenvalue weighted by Crippen LogP contribution is 2.25. The zero-order valence-electron chi connectivity index (χ0n) is 12.5. The van der Waals surface area contributed by atoms with E-state index in [2.05, 4.69) is 29.0 Å². The summed E-state index contributed by atoms with van der Waals surface area (Å²) in [5, 5.41) is 3.64. The summed E-state index contributed by atoms with van der Waals surface area (Å²) in [6.07, 6.45) is 4.33. The molecule has 0 amide bonds. The minimum Gasteiger partial charge on any atom is -0.377 e. The van der Waals surface area contributed by atoms with E-state index >= 15 is 0 Å². The molecule has 3 aliphatic rings. The van der Waals surface area contributed by atoms with Crippen molar-refractivity contribution in [2.24, 2.45) is 0 Å². The fourth-order valence-corrected chi connectivity index (χ4v) is 3.98. The maximum absolute atomic E-state index is 5.75. The Balaban J connectivity index is 1.46. The molecule has 0 spiro atoms. The van der Waals surface area contributed by atoms with Gasteiger partial charge in [-0.15, -0.1) is 0 Å². The average Bonchev–Trinajstić information content (AvgIpc) is 3.00. The van der Waals surface area contributed by atoms with Crippen molar-refractivity contribution in [2.45, 2.75) is 50.8 Å². The van der Waals surface area contributed by atoms with Gasteiger partial charge in [-0.2, -0.15) is 0 Å². The van der Waals surface area contributed by atoms with Crippen LogP contribution in [0, 0.1) is 0 Å². The molecule has 4 heteroatoms. The minimum atomic E-state index is 0.288. The lowest BCUT2D eigenvalue weighted by molar-refractivity contribution is 0.0325. The van der Waals surface area contributed by atoms with Crippen LogP contribution in [0.1, 0.15) is 33.1 Å². The van der Waals surface area contributed by atoms with Crippen molar-refractivity contribution in [3.05, 3.63) is 0 Å². The van der Waals surface area contributed by atoms with Crippen LogP contribution in [0.4, 0.5) is 0 Å². The SMILES string of the molecule is CC1(C)NCCC1N1CCN(CC2CCCO2)CC1. The minimum absolute atomic E-state index is 0.288. The molecule has 110 valence electrons. The number of ether oxygens (including phenoxy) is 1. The Morgan fingerprint density at radius 2 is 1.95 bits per heavy atom. The van der Waals surface area contributed by atoms with Crippen LogP contribution < -0.4 is 5.32 Å². The molecule has 0 aliphatic carbocycles. The van der Waals surface area contributed by atoms with Gasteiger partial charge in [0.2, 0.25) is 0 Å². The molecule has 1 N–H and O–H groups in total. The highest BCUT2D eigenvalue weighted by atomic mass is 16.5. The summed E-state index contributed by atoms with van der Waals surface area (Å²) >= 11 is 0. The van der Waals surface area contributed by atoms with Crippen LogP contribution in [0.25, 0.3) is 0 Å². The zero-order chi connectivity index (χ0) is 13.3. The van der Waals surface area contributed by atoms with Gasteiger partial charge in [-0.05, 0) is 39.7 Å². The molecule has 19 heavy (non-hydrogen) atoms. The van der Waals surface area contributed by atoms with Crippen molar-refractivity contribution >= 4 is 0 Å². The summed E-state index contributed by atoms with van der Waals surface area (Å²) in [4.78, 5) is 5.30. The van der Waals surface area contributed by atoms with Crippen molar-refractivity contribution in [3.63, 3.8) is 0 Å². The van der Waals surface area contributed by atoms with E-state index in [9.17, 15) is 0 Å². The number of nitrogens with zero attached hydrogens (tertiary/aromatic N) is 2. The van der Waals surface area contributed by atoms with E-state index in [-0.39, 0.29) is 5.54 Å². The average molecular weight is 267 g/mol. The molecule has 0 aromatic rings. The lowest BCUT2D eigenvalue weighted by Crippen LogP contribution is -2.57. The van der Waals surface area contributed by atoms with E-state index in [1.807, 2.05) is 0 Å². The van der Waals surface area contributed by atoms with Crippen LogP contribution in [0.5, 0.6) is 0 Å². The van der Waals surface area contributed by atoms with Crippen LogP contribution in [0.3, 0.4) is 0 Å². The molecule has 0 aromatic carbocycles. The Kier molecular flexibility index (Phi) is 4.13. The molecular weight excluding hydrogens is 238 g/mol. The Bertz CT molecular complexity index is 294. The number of hydrogen-bond acceptors (Lipinski definition) is 4. The van der Waals surface area contributed by atoms with Crippen molar-refractivity contribution in [1.29, 1.82) is 0 Å². The highest BCUT2D eigenvalue weighted by molar-refractivity contribution is 4.99. The van der Waals surface area contributed by atoms with Crippen LogP contribution in [0.2, 0.25) is 0 Å². The third kappa shape index (κ3) is 3.13. The number of rotatable bonds is 3. The molecule has 3 heterocycles. The summed E-state index contributed by atoms with van der Waals surface area (Å²) in [5.74, 6) is 0. The molecule has 0 aromatic heterocycles. The van der Waals surface area contributed by atoms with E-state index in [4.69, 9.17) is 4.74 Å². The van der Waals surface area contributed by atoms with Crippen molar-refractivity contribution in [2.75, 3.05) is 45.9 Å². The smallest absolute Gasteiger partial charge is 0.0702 e. The maximum atomic E-state index is 5.75. The van der Waals surface area contributed by atoms with Gasteiger partial charge < -0.3 is 10.1 Å². The fourth-order valence-electron chi connectivity index (χ4n) is 3.98. The van der Waals surface area contributed by atoms with Crippen LogP contribution in [-0.4, -0.2) is 73.4 Å². The van der Waals surface area contributed by atoms with Crippen LogP contribution >= 0.6 is 0 Å². The van der Waals surface area contributed by atoms with Gasteiger partial charge in [-0.3, -0.25) is 9.80 Å². The van der Waals surface area contributed by atoms with Crippen molar-refractivity contribution in [3.8, 4) is 0 Å². The summed E-state index contributed by atoms with van der Waals surface area (Å²) in [5.41, 5.74) is 0.288. The Hall–Kier alpha value is -0.160. The molecule has 3 aliphatic heterocycles. The van der Waals surface area contributed by atoms with E-state index in [0.29, 0.717) is 6.10 Å². The zero-order valence-corrected chi connectivity index (χ0v) is 12.5. The van der Waals surface area contributed by atoms with E-state index < -0.39 is 0 Å². The standard InChI is InChI=1S/C15H29N3O/c1-15(2)14(5-6-16-15)18-9-7-17(8-10-18)12-13-4-3-11-19-13/h13-14,16H,3-12H2,1-2H3. The summed E-state index contributed by atoms with van der Waals surface area (Å²) in [7, 11) is 0. The van der Waals surface area contributed by atoms with Crippen LogP contribution in [0.15, 0.2) is 0 Å². The third-order valence-corrected chi connectivity index (χ3v) is 5.16. The molecule has 2 atom stereocenters. The lowest BCUT2D eigenvalue weighted by atomic mass is 9.94. The molecule has 0 bridgehead atoms. The van der Waals surface area contributed by atoms with E-state index in [0.717, 1.165) is 19.2 Å². The summed E-state index contributed by atoms with van der Waals surface area (Å²) < 4.78 is 5.75. The molecule has 3 fully saturated rings. The largest absolute Gasteiger partial charge is 0.377 e. The first kappa shape index (κ1) is 13.8. The number of piperazine rings is 1. The molecule has 3 rings (SSSR count). The molecule has 4 nitrogen and oxygen atoms in total. The third-order valence-electron chi connectivity index (χ3n) is 5.16. The summed E-state index contributed by atoms with van der Waals surface area (Å²) in [6.45, 7) is 12.9. The van der Waals surface area contributed by atoms with Crippen molar-refractivity contribution < 1.29 is 4.74 Å². The van der Waals surface area contributed by atoms with Gasteiger partial charge in [0.1, 0.15) is 0 Å². The predicted octanol–water partition coefficient (Wildman–Crippen LogP) is 0.924. The maximum Gasteiger partial charge on any atom is 0.0702 e. The Morgan fingerprint density at radius 3 is 2.53 bits per heavy atom. The quantitative estimate of drug-likeness (QED) is 0.823. The second kappa shape index (κ2) is 5.68. The Morgan fingerprint density at radius 1 is 1.16 bits per heavy atom. The lowest BCUT2D eigenvalue weighted by Gasteiger charge is -2.43. The van der Waals surface area contributed by atoms with Crippen molar-refractivity contribution in [1.82, 2.24) is 15.1 Å². The van der Waals surface area contributed by atoms with Crippen LogP contribution in [-0.2, 0) is 4.74 Å². The first-order valence-corrected chi connectivity index (χ1v) is 7.98. The fraction of sp³-hybridized carbons (Fsp3) is 1.00. The molecule has 2 unspecified atom stereocenters. The van der Waals surface area contributed by atoms with E-state index in [1.165, 1.54) is 52.0 Å². The second-order valence-corrected chi connectivity index (χ2v) is 6.92. The molecule has 0 radical (unpaired) electrons. The second-order valence-electron chi connectivity index (χ2n) is 6.92. The topological polar surface area (TPSA) is 27.7 Å². The van der Waals surface area contributed by atoms with Gasteiger partial charge in [0.05, 0.1) is 6.10 Å². The van der Waals surface area contributed by atoms with Gasteiger partial charge in [0.25, 0.3) is 0 Å². The van der Waals surface area contributed by atoms with Gasteiger partial charge in [-0.25, -0.2) is 0 Å². The normalized spacial score (nSPS) is 36.9. The van der Waals surface area contributed by atoms with Gasteiger partial charge in [0, 0.05) is 50.9 Å². The highest BCUT2D eigenvalue weighted by Gasteiger charge is 2.39. The van der Waals surface area contributed by atoms with Gasteiger partial charge >= 0.3 is 0 Å². The molecular formula is C15H29N3O. The predicted molar refractivity (Wildman–Crippen MR) is 77.5 cm³/mol. The Labute approximate surface area is 117 Å². The van der Waals surface area contributed by atoms with E-state index in [1.54, 1.807) is 0 Å². The molecule has 3 saturated heterocycles.